The van der Waals surface area contributed by atoms with Crippen LogP contribution in [0, 0.1) is 0 Å². The summed E-state index contributed by atoms with van der Waals surface area (Å²) in [6.45, 7) is 1.99. The molecule has 1 aromatic heterocycles. The summed E-state index contributed by atoms with van der Waals surface area (Å²) in [6.07, 6.45) is 2.89. The SMILES string of the molecule is CCc1nc2ccccc2c(=O)n1NN1[C@@H]2[C@H](O)CCC[C@@]21c1ccccc1. The van der Waals surface area contributed by atoms with Crippen molar-refractivity contribution in [2.45, 2.75) is 50.3 Å². The second kappa shape index (κ2) is 6.43. The van der Waals surface area contributed by atoms with Crippen molar-refractivity contribution in [2.75, 3.05) is 5.53 Å². The number of fused-ring (bicyclic) bond motifs is 2. The summed E-state index contributed by atoms with van der Waals surface area (Å²) < 4.78 is 1.55. The van der Waals surface area contributed by atoms with Gasteiger partial charge in [0.15, 0.2) is 0 Å². The minimum Gasteiger partial charge on any atom is -0.391 e. The Bertz CT molecular complexity index is 1080. The first kappa shape index (κ1) is 17.4. The summed E-state index contributed by atoms with van der Waals surface area (Å²) >= 11 is 0. The number of hydrazine groups is 1. The first-order valence-electron chi connectivity index (χ1n) is 9.97. The highest BCUT2D eigenvalue weighted by Crippen LogP contribution is 2.57. The molecule has 1 saturated heterocycles. The van der Waals surface area contributed by atoms with Gasteiger partial charge in [0.05, 0.1) is 28.6 Å². The van der Waals surface area contributed by atoms with E-state index < -0.39 is 6.10 Å². The molecule has 28 heavy (non-hydrogen) atoms. The molecule has 1 saturated carbocycles. The van der Waals surface area contributed by atoms with Crippen LogP contribution < -0.4 is 11.1 Å². The van der Waals surface area contributed by atoms with Crippen molar-refractivity contribution in [3.8, 4) is 0 Å². The summed E-state index contributed by atoms with van der Waals surface area (Å²) in [5, 5.41) is 13.3. The van der Waals surface area contributed by atoms with E-state index in [0.717, 1.165) is 19.3 Å². The lowest BCUT2D eigenvalue weighted by Gasteiger charge is -2.23. The zero-order valence-electron chi connectivity index (χ0n) is 15.9. The predicted octanol–water partition coefficient (Wildman–Crippen LogP) is 2.54. The number of aryl methyl sites for hydroxylation is 1. The van der Waals surface area contributed by atoms with Gasteiger partial charge in [-0.25, -0.2) is 4.98 Å². The van der Waals surface area contributed by atoms with Crippen LogP contribution in [0.25, 0.3) is 10.9 Å². The van der Waals surface area contributed by atoms with Crippen molar-refractivity contribution >= 4 is 10.9 Å². The highest BCUT2D eigenvalue weighted by molar-refractivity contribution is 5.77. The van der Waals surface area contributed by atoms with Crippen molar-refractivity contribution in [3.05, 3.63) is 76.3 Å². The molecule has 5 rings (SSSR count). The van der Waals surface area contributed by atoms with Gasteiger partial charge in [0.25, 0.3) is 5.56 Å². The van der Waals surface area contributed by atoms with E-state index in [1.807, 2.05) is 43.3 Å². The molecule has 2 aliphatic rings. The number of aliphatic hydroxyl groups is 1. The van der Waals surface area contributed by atoms with Crippen LogP contribution in [0.5, 0.6) is 0 Å². The molecule has 2 heterocycles. The Morgan fingerprint density at radius 3 is 2.71 bits per heavy atom. The van der Waals surface area contributed by atoms with Gasteiger partial charge >= 0.3 is 0 Å². The lowest BCUT2D eigenvalue weighted by atomic mass is 9.82. The minimum absolute atomic E-state index is 0.0493. The highest BCUT2D eigenvalue weighted by atomic mass is 16.3. The van der Waals surface area contributed by atoms with Crippen LogP contribution in [-0.2, 0) is 12.0 Å². The maximum absolute atomic E-state index is 13.2. The van der Waals surface area contributed by atoms with E-state index in [1.165, 1.54) is 5.56 Å². The van der Waals surface area contributed by atoms with Crippen molar-refractivity contribution in [1.82, 2.24) is 14.7 Å². The Hall–Kier alpha value is -2.70. The molecule has 4 atom stereocenters. The van der Waals surface area contributed by atoms with Gasteiger partial charge < -0.3 is 5.11 Å². The third kappa shape index (κ3) is 2.41. The lowest BCUT2D eigenvalue weighted by molar-refractivity contribution is 0.130. The van der Waals surface area contributed by atoms with Gasteiger partial charge in [-0.05, 0) is 37.0 Å². The molecule has 1 aliphatic carbocycles. The third-order valence-corrected chi connectivity index (χ3v) is 6.19. The number of nitrogens with zero attached hydrogens (tertiary/aromatic N) is 3. The molecular formula is C22H24N4O2. The van der Waals surface area contributed by atoms with E-state index in [0.29, 0.717) is 23.1 Å². The molecular weight excluding hydrogens is 352 g/mol. The molecule has 6 heteroatoms. The van der Waals surface area contributed by atoms with Crippen LogP contribution >= 0.6 is 0 Å². The van der Waals surface area contributed by atoms with E-state index in [9.17, 15) is 9.90 Å². The number of hydrogen-bond donors (Lipinski definition) is 2. The van der Waals surface area contributed by atoms with Crippen LogP contribution in [0.3, 0.4) is 0 Å². The summed E-state index contributed by atoms with van der Waals surface area (Å²) in [4.78, 5) is 17.8. The summed E-state index contributed by atoms with van der Waals surface area (Å²) in [7, 11) is 0. The number of para-hydroxylation sites is 1. The average molecular weight is 376 g/mol. The molecule has 0 spiro atoms. The largest absolute Gasteiger partial charge is 0.391 e. The van der Waals surface area contributed by atoms with E-state index in [4.69, 9.17) is 0 Å². The standard InChI is InChI=1S/C22H24N4O2/c1-2-19-23-17-12-7-6-11-16(17)21(28)25(19)24-26-20-18(27)13-8-14-22(20,26)15-9-4-3-5-10-15/h3-7,9-12,18,20,24,27H,2,8,13-14H2,1H3/t18-,20-,22-,26?/m1/s1. The Balaban J connectivity index is 1.59. The number of benzene rings is 2. The highest BCUT2D eigenvalue weighted by Gasteiger charge is 2.68. The van der Waals surface area contributed by atoms with E-state index in [-0.39, 0.29) is 17.1 Å². The Morgan fingerprint density at radius 2 is 1.93 bits per heavy atom. The maximum Gasteiger partial charge on any atom is 0.281 e. The summed E-state index contributed by atoms with van der Waals surface area (Å²) in [5.41, 5.74) is 4.82. The van der Waals surface area contributed by atoms with Gasteiger partial charge in [0.1, 0.15) is 5.82 Å². The minimum atomic E-state index is -0.421. The van der Waals surface area contributed by atoms with Gasteiger partial charge in [0, 0.05) is 6.42 Å². The molecule has 6 nitrogen and oxygen atoms in total. The van der Waals surface area contributed by atoms with Gasteiger partial charge in [-0.3, -0.25) is 10.3 Å². The molecule has 144 valence electrons. The molecule has 2 fully saturated rings. The molecule has 1 aliphatic heterocycles. The fourth-order valence-electron chi connectivity index (χ4n) is 4.81. The smallest absolute Gasteiger partial charge is 0.281 e. The number of nitrogens with one attached hydrogen (secondary N) is 1. The summed E-state index contributed by atoms with van der Waals surface area (Å²) in [6, 6.07) is 17.6. The first-order chi connectivity index (χ1) is 13.7. The molecule has 2 aromatic carbocycles. The second-order valence-corrected chi connectivity index (χ2v) is 7.70. The van der Waals surface area contributed by atoms with Gasteiger partial charge in [0.2, 0.25) is 0 Å². The van der Waals surface area contributed by atoms with Crippen molar-refractivity contribution in [2.24, 2.45) is 0 Å². The summed E-state index contributed by atoms with van der Waals surface area (Å²) in [5.74, 6) is 0.685. The molecule has 3 aromatic rings. The van der Waals surface area contributed by atoms with Crippen LogP contribution in [0.4, 0.5) is 0 Å². The number of aromatic nitrogens is 2. The maximum atomic E-state index is 13.2. The normalized spacial score (nSPS) is 28.7. The van der Waals surface area contributed by atoms with Crippen molar-refractivity contribution < 1.29 is 5.11 Å². The van der Waals surface area contributed by atoms with Gasteiger partial charge in [-0.2, -0.15) is 9.69 Å². The Morgan fingerprint density at radius 1 is 1.18 bits per heavy atom. The van der Waals surface area contributed by atoms with Crippen molar-refractivity contribution in [3.63, 3.8) is 0 Å². The topological polar surface area (TPSA) is 70.2 Å². The molecule has 2 N–H and O–H groups in total. The average Bonchev–Trinajstić information content (AvgIpc) is 3.40. The Labute approximate surface area is 163 Å². The zero-order valence-corrected chi connectivity index (χ0v) is 15.9. The second-order valence-electron chi connectivity index (χ2n) is 7.70. The predicted molar refractivity (Wildman–Crippen MR) is 108 cm³/mol. The molecule has 0 radical (unpaired) electrons. The number of hydrogen-bond acceptors (Lipinski definition) is 5. The van der Waals surface area contributed by atoms with E-state index in [1.54, 1.807) is 10.7 Å². The van der Waals surface area contributed by atoms with Crippen LogP contribution in [0.2, 0.25) is 0 Å². The lowest BCUT2D eigenvalue weighted by Crippen LogP contribution is -2.38. The fourth-order valence-corrected chi connectivity index (χ4v) is 4.81. The van der Waals surface area contributed by atoms with Crippen LogP contribution in [0.15, 0.2) is 59.4 Å². The van der Waals surface area contributed by atoms with E-state index >= 15 is 0 Å². The van der Waals surface area contributed by atoms with E-state index in [2.05, 4.69) is 27.7 Å². The fraction of sp³-hybridized carbons (Fsp3) is 0.364. The van der Waals surface area contributed by atoms with Crippen molar-refractivity contribution in [1.29, 1.82) is 0 Å². The zero-order chi connectivity index (χ0) is 19.3. The van der Waals surface area contributed by atoms with Gasteiger partial charge in [-0.15, -0.1) is 0 Å². The first-order valence-corrected chi connectivity index (χ1v) is 9.97. The third-order valence-electron chi connectivity index (χ3n) is 6.19. The molecule has 0 amide bonds. The quantitative estimate of drug-likeness (QED) is 0.685. The Kier molecular flexibility index (Phi) is 4.00. The molecule has 1 unspecified atom stereocenters. The van der Waals surface area contributed by atoms with Crippen LogP contribution in [-0.4, -0.2) is 31.9 Å². The van der Waals surface area contributed by atoms with Crippen LogP contribution in [0.1, 0.15) is 37.6 Å². The number of aliphatic hydroxyl groups excluding tert-OH is 1. The monoisotopic (exact) mass is 376 g/mol. The number of rotatable bonds is 4. The molecule has 0 bridgehead atoms. The van der Waals surface area contributed by atoms with Gasteiger partial charge in [-0.1, -0.05) is 49.4 Å².